The van der Waals surface area contributed by atoms with Crippen LogP contribution in [0.3, 0.4) is 0 Å². The van der Waals surface area contributed by atoms with E-state index in [1.165, 1.54) is 0 Å². The van der Waals surface area contributed by atoms with Gasteiger partial charge in [0.05, 0.1) is 10.2 Å². The summed E-state index contributed by atoms with van der Waals surface area (Å²) in [7, 11) is 0. The van der Waals surface area contributed by atoms with Crippen LogP contribution in [0.5, 0.6) is 0 Å². The number of aliphatic imine (C=N–C) groups is 1. The van der Waals surface area contributed by atoms with E-state index < -0.39 is 11.6 Å². The Morgan fingerprint density at radius 2 is 2.07 bits per heavy atom. The van der Waals surface area contributed by atoms with Crippen molar-refractivity contribution in [3.8, 4) is 0 Å². The molecule has 1 aromatic carbocycles. The second-order valence-electron chi connectivity index (χ2n) is 3.30. The SMILES string of the molecule is Fc1cc(NC2=NCCC2)c(F)cc1Br. The number of nitrogens with one attached hydrogen (secondary N) is 1. The molecule has 0 spiro atoms. The van der Waals surface area contributed by atoms with Crippen LogP contribution in [0.4, 0.5) is 14.5 Å². The average molecular weight is 275 g/mol. The van der Waals surface area contributed by atoms with Crippen molar-refractivity contribution in [1.82, 2.24) is 0 Å². The topological polar surface area (TPSA) is 24.4 Å². The zero-order chi connectivity index (χ0) is 10.8. The van der Waals surface area contributed by atoms with Crippen LogP contribution in [0.2, 0.25) is 0 Å². The Kier molecular flexibility index (Phi) is 3.00. The van der Waals surface area contributed by atoms with Gasteiger partial charge in [0.1, 0.15) is 17.5 Å². The van der Waals surface area contributed by atoms with Gasteiger partial charge in [0, 0.05) is 19.0 Å². The van der Waals surface area contributed by atoms with Crippen LogP contribution in [0.15, 0.2) is 21.6 Å². The number of benzene rings is 1. The largest absolute Gasteiger partial charge is 0.342 e. The van der Waals surface area contributed by atoms with E-state index in [0.29, 0.717) is 0 Å². The van der Waals surface area contributed by atoms with Crippen molar-refractivity contribution < 1.29 is 8.78 Å². The summed E-state index contributed by atoms with van der Waals surface area (Å²) < 4.78 is 26.6. The first-order valence-electron chi connectivity index (χ1n) is 4.62. The molecule has 0 aliphatic carbocycles. The van der Waals surface area contributed by atoms with E-state index in [2.05, 4.69) is 26.2 Å². The average Bonchev–Trinajstić information content (AvgIpc) is 2.67. The molecule has 1 aliphatic heterocycles. The molecule has 1 N–H and O–H groups in total. The molecule has 0 unspecified atom stereocenters. The lowest BCUT2D eigenvalue weighted by Crippen LogP contribution is -2.10. The van der Waals surface area contributed by atoms with Gasteiger partial charge in [-0.15, -0.1) is 0 Å². The fraction of sp³-hybridized carbons (Fsp3) is 0.300. The summed E-state index contributed by atoms with van der Waals surface area (Å²) in [5.74, 6) is -0.258. The molecule has 0 saturated heterocycles. The van der Waals surface area contributed by atoms with Gasteiger partial charge in [-0.2, -0.15) is 0 Å². The molecule has 0 atom stereocenters. The van der Waals surface area contributed by atoms with Gasteiger partial charge < -0.3 is 5.32 Å². The normalized spacial score (nSPS) is 15.3. The Bertz CT molecular complexity index is 418. The number of hydrogen-bond donors (Lipinski definition) is 1. The third-order valence-corrected chi connectivity index (χ3v) is 2.77. The van der Waals surface area contributed by atoms with Crippen molar-refractivity contribution in [1.29, 1.82) is 0 Å². The highest BCUT2D eigenvalue weighted by Gasteiger charge is 2.11. The first-order chi connectivity index (χ1) is 7.16. The van der Waals surface area contributed by atoms with Crippen LogP contribution in [0, 0.1) is 11.6 Å². The van der Waals surface area contributed by atoms with Gasteiger partial charge in [-0.05, 0) is 28.4 Å². The van der Waals surface area contributed by atoms with Gasteiger partial charge >= 0.3 is 0 Å². The monoisotopic (exact) mass is 274 g/mol. The highest BCUT2D eigenvalue weighted by atomic mass is 79.9. The summed E-state index contributed by atoms with van der Waals surface area (Å²) in [4.78, 5) is 4.13. The minimum Gasteiger partial charge on any atom is -0.342 e. The molecule has 1 aromatic rings. The van der Waals surface area contributed by atoms with Crippen LogP contribution >= 0.6 is 15.9 Å². The zero-order valence-electron chi connectivity index (χ0n) is 7.86. The molecular weight excluding hydrogens is 266 g/mol. The number of hydrogen-bond acceptors (Lipinski definition) is 2. The predicted molar refractivity (Wildman–Crippen MR) is 59.2 cm³/mol. The molecule has 2 rings (SSSR count). The predicted octanol–water partition coefficient (Wildman–Crippen LogP) is 3.33. The smallest absolute Gasteiger partial charge is 0.148 e. The van der Waals surface area contributed by atoms with Crippen molar-refractivity contribution in [3.63, 3.8) is 0 Å². The third-order valence-electron chi connectivity index (χ3n) is 2.16. The maximum absolute atomic E-state index is 13.4. The Hall–Kier alpha value is -0.970. The van der Waals surface area contributed by atoms with Gasteiger partial charge in [-0.25, -0.2) is 8.78 Å². The highest BCUT2D eigenvalue weighted by molar-refractivity contribution is 9.10. The molecule has 0 aromatic heterocycles. The minimum absolute atomic E-state index is 0.124. The number of amidine groups is 1. The first kappa shape index (κ1) is 10.5. The van der Waals surface area contributed by atoms with Gasteiger partial charge in [0.2, 0.25) is 0 Å². The number of rotatable bonds is 1. The Morgan fingerprint density at radius 3 is 2.73 bits per heavy atom. The van der Waals surface area contributed by atoms with Crippen LogP contribution in [-0.4, -0.2) is 12.4 Å². The van der Waals surface area contributed by atoms with Crippen LogP contribution < -0.4 is 5.32 Å². The van der Waals surface area contributed by atoms with E-state index in [-0.39, 0.29) is 10.2 Å². The lowest BCUT2D eigenvalue weighted by Gasteiger charge is -2.07. The molecule has 1 aliphatic rings. The second-order valence-corrected chi connectivity index (χ2v) is 4.16. The molecule has 15 heavy (non-hydrogen) atoms. The number of halogens is 3. The summed E-state index contributed by atoms with van der Waals surface area (Å²) in [6, 6.07) is 2.23. The van der Waals surface area contributed by atoms with Crippen molar-refractivity contribution in [2.75, 3.05) is 11.9 Å². The summed E-state index contributed by atoms with van der Waals surface area (Å²) in [5, 5.41) is 2.79. The third kappa shape index (κ3) is 2.34. The quantitative estimate of drug-likeness (QED) is 0.781. The summed E-state index contributed by atoms with van der Waals surface area (Å²) in [6.07, 6.45) is 1.75. The van der Waals surface area contributed by atoms with Gasteiger partial charge in [-0.3, -0.25) is 4.99 Å². The minimum atomic E-state index is -0.488. The van der Waals surface area contributed by atoms with Crippen LogP contribution in [-0.2, 0) is 0 Å². The maximum atomic E-state index is 13.4. The summed E-state index contributed by atoms with van der Waals surface area (Å²) >= 11 is 2.92. The van der Waals surface area contributed by atoms with E-state index in [0.717, 1.165) is 37.4 Å². The maximum Gasteiger partial charge on any atom is 0.148 e. The van der Waals surface area contributed by atoms with Crippen LogP contribution in [0.1, 0.15) is 12.8 Å². The Labute approximate surface area is 94.5 Å². The van der Waals surface area contributed by atoms with Crippen LogP contribution in [0.25, 0.3) is 0 Å². The summed E-state index contributed by atoms with van der Waals surface area (Å²) in [5.41, 5.74) is 0.136. The Balaban J connectivity index is 2.24. The molecule has 2 nitrogen and oxygen atoms in total. The molecule has 0 fully saturated rings. The van der Waals surface area contributed by atoms with Crippen molar-refractivity contribution >= 4 is 27.5 Å². The van der Waals surface area contributed by atoms with Gasteiger partial charge in [-0.1, -0.05) is 0 Å². The van der Waals surface area contributed by atoms with E-state index in [1.54, 1.807) is 0 Å². The Morgan fingerprint density at radius 1 is 1.27 bits per heavy atom. The van der Waals surface area contributed by atoms with Crippen molar-refractivity contribution in [2.24, 2.45) is 4.99 Å². The highest BCUT2D eigenvalue weighted by Crippen LogP contribution is 2.24. The lowest BCUT2D eigenvalue weighted by atomic mass is 10.2. The zero-order valence-corrected chi connectivity index (χ0v) is 9.44. The standard InChI is InChI=1S/C10H9BrF2N2/c11-6-4-8(13)9(5-7(6)12)15-10-2-1-3-14-10/h4-5H,1-3H2,(H,14,15). The fourth-order valence-corrected chi connectivity index (χ4v) is 1.73. The number of nitrogens with zero attached hydrogens (tertiary/aromatic N) is 1. The van der Waals surface area contributed by atoms with E-state index in [1.807, 2.05) is 0 Å². The molecule has 0 amide bonds. The van der Waals surface area contributed by atoms with Gasteiger partial charge in [0.25, 0.3) is 0 Å². The second kappa shape index (κ2) is 4.26. The van der Waals surface area contributed by atoms with E-state index in [9.17, 15) is 8.78 Å². The van der Waals surface area contributed by atoms with Crippen molar-refractivity contribution in [3.05, 3.63) is 28.2 Å². The van der Waals surface area contributed by atoms with Crippen molar-refractivity contribution in [2.45, 2.75) is 12.8 Å². The fourth-order valence-electron chi connectivity index (χ4n) is 1.42. The first-order valence-corrected chi connectivity index (χ1v) is 5.41. The van der Waals surface area contributed by atoms with E-state index in [4.69, 9.17) is 0 Å². The molecular formula is C10H9BrF2N2. The number of anilines is 1. The molecule has 80 valence electrons. The molecule has 1 heterocycles. The van der Waals surface area contributed by atoms with Gasteiger partial charge in [0.15, 0.2) is 0 Å². The lowest BCUT2D eigenvalue weighted by molar-refractivity contribution is 0.598. The summed E-state index contributed by atoms with van der Waals surface area (Å²) in [6.45, 7) is 0.753. The molecule has 0 radical (unpaired) electrons. The molecule has 0 saturated carbocycles. The molecule has 5 heteroatoms. The molecule has 0 bridgehead atoms. The van der Waals surface area contributed by atoms with E-state index >= 15 is 0 Å².